The Morgan fingerprint density at radius 2 is 1.89 bits per heavy atom. The Balaban J connectivity index is 1.39. The molecule has 196 valence electrons. The number of fused-ring (bicyclic) bond motifs is 1. The Kier molecular flexibility index (Phi) is 8.40. The molecular formula is C28H28N4O6. The lowest BCUT2D eigenvalue weighted by Gasteiger charge is -2.18. The molecule has 3 N–H and O–H groups in total. The van der Waals surface area contributed by atoms with E-state index in [1.165, 1.54) is 4.90 Å². The molecule has 0 aliphatic carbocycles. The van der Waals surface area contributed by atoms with Crippen LogP contribution in [0.5, 0.6) is 5.75 Å². The van der Waals surface area contributed by atoms with E-state index in [1.807, 2.05) is 37.3 Å². The van der Waals surface area contributed by atoms with Crippen LogP contribution in [0.25, 0.3) is 10.9 Å². The van der Waals surface area contributed by atoms with Crippen LogP contribution in [0, 0.1) is 24.7 Å². The first-order valence-electron chi connectivity index (χ1n) is 12.0. The van der Waals surface area contributed by atoms with E-state index in [4.69, 9.17) is 14.7 Å². The number of amides is 3. The van der Waals surface area contributed by atoms with Gasteiger partial charge < -0.3 is 19.7 Å². The van der Waals surface area contributed by atoms with Gasteiger partial charge in [0.1, 0.15) is 12.4 Å². The van der Waals surface area contributed by atoms with Crippen LogP contribution >= 0.6 is 0 Å². The second kappa shape index (κ2) is 12.1. The average molecular weight is 517 g/mol. The minimum atomic E-state index is -0.852. The molecule has 2 heterocycles. The Hall–Kier alpha value is -4.62. The summed E-state index contributed by atoms with van der Waals surface area (Å²) in [5.41, 5.74) is 4.76. The number of likely N-dealkylation sites (tertiary alicyclic amines) is 1. The van der Waals surface area contributed by atoms with Gasteiger partial charge in [0.2, 0.25) is 5.91 Å². The molecule has 1 aliphatic rings. The molecule has 3 aromatic rings. The van der Waals surface area contributed by atoms with Gasteiger partial charge in [0.05, 0.1) is 17.5 Å². The number of ether oxygens (including phenoxy) is 2. The number of nitrogens with one attached hydrogen (secondary N) is 2. The van der Waals surface area contributed by atoms with Gasteiger partial charge in [-0.3, -0.25) is 19.8 Å². The van der Waals surface area contributed by atoms with E-state index >= 15 is 0 Å². The average Bonchev–Trinajstić information content (AvgIpc) is 3.35. The maximum Gasteiger partial charge on any atom is 0.410 e. The number of aromatic nitrogens is 1. The van der Waals surface area contributed by atoms with Crippen molar-refractivity contribution in [1.82, 2.24) is 20.7 Å². The second-order valence-electron chi connectivity index (χ2n) is 8.80. The third-order valence-electron chi connectivity index (χ3n) is 6.23. The number of carbonyl (C=O) groups is 3. The van der Waals surface area contributed by atoms with Gasteiger partial charge in [-0.05, 0) is 50.2 Å². The number of hydrogen-bond acceptors (Lipinski definition) is 7. The largest absolute Gasteiger partial charge is 0.489 e. The van der Waals surface area contributed by atoms with E-state index in [-0.39, 0.29) is 19.7 Å². The van der Waals surface area contributed by atoms with Crippen molar-refractivity contribution in [1.29, 1.82) is 0 Å². The van der Waals surface area contributed by atoms with Crippen LogP contribution in [-0.2, 0) is 16.1 Å². The normalized spacial score (nSPS) is 16.3. The lowest BCUT2D eigenvalue weighted by molar-refractivity contribution is -0.133. The maximum atomic E-state index is 12.9. The smallest absolute Gasteiger partial charge is 0.410 e. The Morgan fingerprint density at radius 1 is 1.13 bits per heavy atom. The molecule has 2 aromatic carbocycles. The number of benzene rings is 2. The summed E-state index contributed by atoms with van der Waals surface area (Å²) in [6.45, 7) is 3.84. The van der Waals surface area contributed by atoms with Crippen LogP contribution in [0.1, 0.15) is 28.5 Å². The number of carbonyl (C=O) groups excluding carboxylic acids is 3. The number of rotatable bonds is 7. The summed E-state index contributed by atoms with van der Waals surface area (Å²) in [5.74, 6) is 3.84. The van der Waals surface area contributed by atoms with Gasteiger partial charge in [0.25, 0.3) is 5.91 Å². The van der Waals surface area contributed by atoms with Crippen molar-refractivity contribution in [2.45, 2.75) is 26.5 Å². The third-order valence-corrected chi connectivity index (χ3v) is 6.23. The summed E-state index contributed by atoms with van der Waals surface area (Å²) >= 11 is 0. The van der Waals surface area contributed by atoms with E-state index in [9.17, 15) is 14.4 Å². The Labute approximate surface area is 219 Å². The number of pyridine rings is 1. The van der Waals surface area contributed by atoms with Crippen molar-refractivity contribution >= 4 is 28.8 Å². The van der Waals surface area contributed by atoms with E-state index in [2.05, 4.69) is 22.1 Å². The molecule has 4 rings (SSSR count). The van der Waals surface area contributed by atoms with Crippen LogP contribution in [0.3, 0.4) is 0 Å². The number of hydrogen-bond donors (Lipinski definition) is 3. The monoisotopic (exact) mass is 516 g/mol. The van der Waals surface area contributed by atoms with Crippen molar-refractivity contribution in [2.24, 2.45) is 5.92 Å². The summed E-state index contributed by atoms with van der Waals surface area (Å²) in [5, 5.41) is 12.9. The minimum Gasteiger partial charge on any atom is -0.489 e. The van der Waals surface area contributed by atoms with E-state index in [1.54, 1.807) is 36.7 Å². The zero-order valence-corrected chi connectivity index (χ0v) is 21.1. The molecular weight excluding hydrogens is 488 g/mol. The van der Waals surface area contributed by atoms with Crippen molar-refractivity contribution in [2.75, 3.05) is 19.7 Å². The first-order valence-corrected chi connectivity index (χ1v) is 12.0. The van der Waals surface area contributed by atoms with Crippen LogP contribution in [0.2, 0.25) is 0 Å². The van der Waals surface area contributed by atoms with Crippen LogP contribution < -0.4 is 15.5 Å². The van der Waals surface area contributed by atoms with Gasteiger partial charge in [-0.1, -0.05) is 24.1 Å². The van der Waals surface area contributed by atoms with E-state index in [0.29, 0.717) is 17.9 Å². The molecule has 2 atom stereocenters. The van der Waals surface area contributed by atoms with Gasteiger partial charge in [-0.25, -0.2) is 10.3 Å². The predicted molar refractivity (Wildman–Crippen MR) is 138 cm³/mol. The van der Waals surface area contributed by atoms with E-state index < -0.39 is 29.9 Å². The first-order chi connectivity index (χ1) is 18.4. The van der Waals surface area contributed by atoms with Gasteiger partial charge in [0.15, 0.2) is 6.61 Å². The molecule has 0 radical (unpaired) electrons. The molecule has 1 fully saturated rings. The number of nitrogens with zero attached hydrogens (tertiary/aromatic N) is 2. The number of para-hydroxylation sites is 1. The summed E-state index contributed by atoms with van der Waals surface area (Å²) in [6, 6.07) is 15.7. The molecule has 1 aromatic heterocycles. The number of hydroxylamine groups is 1. The fourth-order valence-electron chi connectivity index (χ4n) is 4.34. The zero-order valence-electron chi connectivity index (χ0n) is 21.1. The standard InChI is InChI=1S/C28H28N4O6/c1-3-4-13-37-28(35)32-15-23(27(34)31-36)25(16-32)30-26(33)19-9-11-21(12-10-19)38-17-20-14-18(2)29-24-8-6-5-7-22(20)24/h5-12,14,23,25,36H,13,15-17H2,1-2H3,(H,30,33)(H,31,34)/t23-,25+/m0/s1. The van der Waals surface area contributed by atoms with Gasteiger partial charge in [-0.15, -0.1) is 5.92 Å². The van der Waals surface area contributed by atoms with Crippen molar-refractivity contribution in [3.05, 3.63) is 71.4 Å². The molecule has 10 nitrogen and oxygen atoms in total. The fraction of sp³-hybridized carbons (Fsp3) is 0.286. The summed E-state index contributed by atoms with van der Waals surface area (Å²) < 4.78 is 11.0. The Bertz CT molecular complexity index is 1400. The maximum absolute atomic E-state index is 12.9. The van der Waals surface area contributed by atoms with Crippen LogP contribution in [-0.4, -0.2) is 58.7 Å². The summed E-state index contributed by atoms with van der Waals surface area (Å²) in [7, 11) is 0. The van der Waals surface area contributed by atoms with Crippen molar-refractivity contribution < 1.29 is 29.1 Å². The highest BCUT2D eigenvalue weighted by atomic mass is 16.6. The molecule has 10 heteroatoms. The van der Waals surface area contributed by atoms with E-state index in [0.717, 1.165) is 22.2 Å². The lowest BCUT2D eigenvalue weighted by atomic mass is 10.0. The first kappa shape index (κ1) is 26.4. The zero-order chi connectivity index (χ0) is 27.1. The molecule has 1 aliphatic heterocycles. The third kappa shape index (κ3) is 6.19. The van der Waals surface area contributed by atoms with Crippen molar-refractivity contribution in [3.63, 3.8) is 0 Å². The molecule has 0 saturated carbocycles. The quantitative estimate of drug-likeness (QED) is 0.250. The lowest BCUT2D eigenvalue weighted by Crippen LogP contribution is -2.45. The highest BCUT2D eigenvalue weighted by Crippen LogP contribution is 2.22. The molecule has 0 unspecified atom stereocenters. The van der Waals surface area contributed by atoms with Crippen LogP contribution in [0.4, 0.5) is 4.79 Å². The molecule has 1 saturated heterocycles. The molecule has 0 bridgehead atoms. The second-order valence-corrected chi connectivity index (χ2v) is 8.80. The highest BCUT2D eigenvalue weighted by molar-refractivity contribution is 5.95. The summed E-state index contributed by atoms with van der Waals surface area (Å²) in [4.78, 5) is 43.2. The van der Waals surface area contributed by atoms with Crippen molar-refractivity contribution in [3.8, 4) is 17.6 Å². The topological polar surface area (TPSA) is 130 Å². The van der Waals surface area contributed by atoms with Gasteiger partial charge in [0, 0.05) is 35.3 Å². The van der Waals surface area contributed by atoms with Crippen LogP contribution in [0.15, 0.2) is 54.6 Å². The fourth-order valence-corrected chi connectivity index (χ4v) is 4.34. The Morgan fingerprint density at radius 3 is 2.63 bits per heavy atom. The highest BCUT2D eigenvalue weighted by Gasteiger charge is 2.41. The van der Waals surface area contributed by atoms with Gasteiger partial charge in [-0.2, -0.15) is 0 Å². The SMILES string of the molecule is CC#CCOC(=O)N1C[C@H](C(=O)NO)[C@H](NC(=O)c2ccc(OCc3cc(C)nc4ccccc34)cc2)C1. The molecule has 0 spiro atoms. The minimum absolute atomic E-state index is 0.0222. The molecule has 3 amide bonds. The number of aryl methyl sites for hydroxylation is 1. The molecule has 38 heavy (non-hydrogen) atoms. The predicted octanol–water partition coefficient (Wildman–Crippen LogP) is 2.82. The summed E-state index contributed by atoms with van der Waals surface area (Å²) in [6.07, 6.45) is -0.654. The van der Waals surface area contributed by atoms with Gasteiger partial charge >= 0.3 is 6.09 Å².